The van der Waals surface area contributed by atoms with Gasteiger partial charge < -0.3 is 10.2 Å². The molecule has 0 radical (unpaired) electrons. The first-order valence-electron chi connectivity index (χ1n) is 3.27. The minimum atomic E-state index is -0.136. The largest absolute Gasteiger partial charge is 0.457 e. The summed E-state index contributed by atoms with van der Waals surface area (Å²) in [6, 6.07) is 1.70. The van der Waals surface area contributed by atoms with Crippen LogP contribution in [0.1, 0.15) is 18.5 Å². The molecule has 11 heavy (non-hydrogen) atoms. The van der Waals surface area contributed by atoms with Crippen molar-refractivity contribution < 1.29 is 4.42 Å². The molecule has 2 N–H and O–H groups in total. The Morgan fingerprint density at radius 1 is 1.82 bits per heavy atom. The van der Waals surface area contributed by atoms with Crippen LogP contribution >= 0.6 is 15.9 Å². The van der Waals surface area contributed by atoms with E-state index in [9.17, 15) is 0 Å². The summed E-state index contributed by atoms with van der Waals surface area (Å²) in [4.78, 5) is 0. The number of furan rings is 1. The molecule has 1 unspecified atom stereocenters. The van der Waals surface area contributed by atoms with Crippen molar-refractivity contribution >= 4 is 15.9 Å². The molecule has 1 aromatic rings. The topological polar surface area (TPSA) is 39.2 Å². The summed E-state index contributed by atoms with van der Waals surface area (Å²) >= 11 is 3.25. The highest BCUT2D eigenvalue weighted by Crippen LogP contribution is 2.26. The molecule has 0 aliphatic carbocycles. The summed E-state index contributed by atoms with van der Waals surface area (Å²) in [6.07, 6.45) is 1.60. The fourth-order valence-corrected chi connectivity index (χ4v) is 1.28. The van der Waals surface area contributed by atoms with Gasteiger partial charge in [0.1, 0.15) is 0 Å². The summed E-state index contributed by atoms with van der Waals surface area (Å²) in [5, 5.41) is 0. The second-order valence-electron chi connectivity index (χ2n) is 2.47. The lowest BCUT2D eigenvalue weighted by Crippen LogP contribution is -2.10. The number of hydrogen-bond donors (Lipinski definition) is 1. The van der Waals surface area contributed by atoms with Gasteiger partial charge in [-0.05, 0) is 28.9 Å². The van der Waals surface area contributed by atoms with E-state index in [0.717, 1.165) is 11.1 Å². The van der Waals surface area contributed by atoms with Crippen molar-refractivity contribution in [2.45, 2.75) is 13.0 Å². The third-order valence-electron chi connectivity index (χ3n) is 1.51. The Labute approximate surface area is 74.2 Å². The lowest BCUT2D eigenvalue weighted by atomic mass is 10.1. The van der Waals surface area contributed by atoms with Gasteiger partial charge in [-0.15, -0.1) is 0 Å². The average Bonchev–Trinajstić information content (AvgIpc) is 2.33. The Morgan fingerprint density at radius 2 is 2.45 bits per heavy atom. The molecule has 0 bridgehead atoms. The molecule has 0 saturated carbocycles. The zero-order chi connectivity index (χ0) is 8.43. The van der Waals surface area contributed by atoms with E-state index in [1.165, 1.54) is 0 Å². The Balaban J connectivity index is 2.92. The molecule has 0 aliphatic heterocycles. The molecular weight excluding hydrogens is 206 g/mol. The minimum Gasteiger partial charge on any atom is -0.457 e. The smallest absolute Gasteiger partial charge is 0.174 e. The first kappa shape index (κ1) is 8.56. The highest BCUT2D eigenvalue weighted by molar-refractivity contribution is 9.10. The van der Waals surface area contributed by atoms with Crippen LogP contribution in [0.25, 0.3) is 0 Å². The van der Waals surface area contributed by atoms with E-state index in [1.54, 1.807) is 6.26 Å². The van der Waals surface area contributed by atoms with E-state index >= 15 is 0 Å². The summed E-state index contributed by atoms with van der Waals surface area (Å²) < 4.78 is 5.72. The fraction of sp³-hybridized carbons (Fsp3) is 0.250. The first-order chi connectivity index (χ1) is 5.13. The normalized spacial score (nSPS) is 13.0. The van der Waals surface area contributed by atoms with Crippen LogP contribution in [-0.4, -0.2) is 0 Å². The Hall–Kier alpha value is -0.540. The lowest BCUT2D eigenvalue weighted by molar-refractivity contribution is 0.534. The molecule has 1 atom stereocenters. The van der Waals surface area contributed by atoms with Crippen LogP contribution in [0.15, 0.2) is 33.6 Å². The number of hydrogen-bond acceptors (Lipinski definition) is 2. The van der Waals surface area contributed by atoms with Crippen molar-refractivity contribution in [2.75, 3.05) is 0 Å². The van der Waals surface area contributed by atoms with Gasteiger partial charge >= 0.3 is 0 Å². The van der Waals surface area contributed by atoms with Crippen molar-refractivity contribution in [2.24, 2.45) is 5.73 Å². The molecule has 3 heteroatoms. The van der Waals surface area contributed by atoms with Crippen molar-refractivity contribution in [3.8, 4) is 0 Å². The minimum absolute atomic E-state index is 0.136. The molecule has 1 rings (SSSR count). The van der Waals surface area contributed by atoms with E-state index in [4.69, 9.17) is 10.2 Å². The third kappa shape index (κ3) is 1.73. The molecule has 60 valence electrons. The maximum atomic E-state index is 5.79. The molecule has 0 saturated heterocycles. The summed E-state index contributed by atoms with van der Waals surface area (Å²) in [5.41, 5.74) is 7.66. The van der Waals surface area contributed by atoms with Crippen LogP contribution in [0.3, 0.4) is 0 Å². The van der Waals surface area contributed by atoms with Gasteiger partial charge in [0, 0.05) is 5.56 Å². The highest BCUT2D eigenvalue weighted by Gasteiger charge is 2.11. The summed E-state index contributed by atoms with van der Waals surface area (Å²) in [5.74, 6) is 0. The van der Waals surface area contributed by atoms with E-state index in [-0.39, 0.29) is 6.04 Å². The van der Waals surface area contributed by atoms with Crippen LogP contribution < -0.4 is 5.73 Å². The second kappa shape index (κ2) is 3.24. The molecule has 0 spiro atoms. The van der Waals surface area contributed by atoms with E-state index in [2.05, 4.69) is 22.5 Å². The van der Waals surface area contributed by atoms with Crippen molar-refractivity contribution in [1.29, 1.82) is 0 Å². The van der Waals surface area contributed by atoms with Gasteiger partial charge in [-0.3, -0.25) is 0 Å². The van der Waals surface area contributed by atoms with Crippen LogP contribution in [-0.2, 0) is 0 Å². The fourth-order valence-electron chi connectivity index (χ4n) is 0.792. The maximum Gasteiger partial charge on any atom is 0.174 e. The monoisotopic (exact) mass is 215 g/mol. The molecule has 1 heterocycles. The molecule has 0 fully saturated rings. The second-order valence-corrected chi connectivity index (χ2v) is 3.19. The molecule has 2 nitrogen and oxygen atoms in total. The van der Waals surface area contributed by atoms with E-state index < -0.39 is 0 Å². The van der Waals surface area contributed by atoms with E-state index in [0.29, 0.717) is 4.67 Å². The van der Waals surface area contributed by atoms with Crippen LogP contribution in [0.4, 0.5) is 0 Å². The summed E-state index contributed by atoms with van der Waals surface area (Å²) in [6.45, 7) is 5.66. The zero-order valence-electron chi connectivity index (χ0n) is 6.30. The van der Waals surface area contributed by atoms with Gasteiger partial charge in [-0.1, -0.05) is 12.2 Å². The third-order valence-corrected chi connectivity index (χ3v) is 2.16. The van der Waals surface area contributed by atoms with Crippen LogP contribution in [0.5, 0.6) is 0 Å². The van der Waals surface area contributed by atoms with Crippen LogP contribution in [0, 0.1) is 0 Å². The number of halogens is 1. The number of nitrogens with two attached hydrogens (primary N) is 1. The van der Waals surface area contributed by atoms with Crippen LogP contribution in [0.2, 0.25) is 0 Å². The summed E-state index contributed by atoms with van der Waals surface area (Å²) in [7, 11) is 0. The van der Waals surface area contributed by atoms with Crippen molar-refractivity contribution in [3.63, 3.8) is 0 Å². The van der Waals surface area contributed by atoms with Gasteiger partial charge in [0.25, 0.3) is 0 Å². The highest BCUT2D eigenvalue weighted by atomic mass is 79.9. The van der Waals surface area contributed by atoms with E-state index in [1.807, 2.05) is 13.0 Å². The van der Waals surface area contributed by atoms with Gasteiger partial charge in [0.15, 0.2) is 4.67 Å². The van der Waals surface area contributed by atoms with Gasteiger partial charge in [-0.2, -0.15) is 0 Å². The predicted molar refractivity (Wildman–Crippen MR) is 48.2 cm³/mol. The SMILES string of the molecule is C=C(C)C(N)c1ccoc1Br. The lowest BCUT2D eigenvalue weighted by Gasteiger charge is -2.08. The predicted octanol–water partition coefficient (Wildman–Crippen LogP) is 2.62. The molecule has 0 aliphatic rings. The Kier molecular flexibility index (Phi) is 2.52. The molecule has 0 aromatic carbocycles. The van der Waals surface area contributed by atoms with Crippen molar-refractivity contribution in [1.82, 2.24) is 0 Å². The molecular formula is C8H10BrNO. The zero-order valence-corrected chi connectivity index (χ0v) is 7.89. The average molecular weight is 216 g/mol. The molecule has 1 aromatic heterocycles. The Bertz CT molecular complexity index is 267. The van der Waals surface area contributed by atoms with Gasteiger partial charge in [0.05, 0.1) is 12.3 Å². The standard InChI is InChI=1S/C8H10BrNO/c1-5(2)7(10)6-3-4-11-8(6)9/h3-4,7H,1,10H2,2H3. The Morgan fingerprint density at radius 3 is 2.82 bits per heavy atom. The van der Waals surface area contributed by atoms with Gasteiger partial charge in [0.2, 0.25) is 0 Å². The first-order valence-corrected chi connectivity index (χ1v) is 4.06. The van der Waals surface area contributed by atoms with Gasteiger partial charge in [-0.25, -0.2) is 0 Å². The quantitative estimate of drug-likeness (QED) is 0.771. The number of rotatable bonds is 2. The maximum absolute atomic E-state index is 5.79. The molecule has 0 amide bonds. The van der Waals surface area contributed by atoms with Crippen molar-refractivity contribution in [3.05, 3.63) is 34.7 Å².